The van der Waals surface area contributed by atoms with Gasteiger partial charge in [-0.3, -0.25) is 4.79 Å². The van der Waals surface area contributed by atoms with Crippen molar-refractivity contribution in [2.75, 3.05) is 11.9 Å². The van der Waals surface area contributed by atoms with Crippen LogP contribution in [-0.4, -0.2) is 29.6 Å². The van der Waals surface area contributed by atoms with Crippen LogP contribution in [0.5, 0.6) is 5.75 Å². The van der Waals surface area contributed by atoms with Gasteiger partial charge in [0.2, 0.25) is 0 Å². The SMILES string of the molecule is C[C@@H](Oc1ccc(Cl)cc1Cl)C(=O)OCC(=O)Nc1cccnc1Cl. The highest BCUT2D eigenvalue weighted by atomic mass is 35.5. The molecule has 2 rings (SSSR count). The van der Waals surface area contributed by atoms with Crippen LogP contribution >= 0.6 is 34.8 Å². The summed E-state index contributed by atoms with van der Waals surface area (Å²) < 4.78 is 10.3. The Labute approximate surface area is 159 Å². The number of halogens is 3. The number of esters is 1. The van der Waals surface area contributed by atoms with Crippen molar-refractivity contribution in [2.45, 2.75) is 13.0 Å². The van der Waals surface area contributed by atoms with Gasteiger partial charge in [-0.2, -0.15) is 0 Å². The van der Waals surface area contributed by atoms with Crippen LogP contribution in [0.2, 0.25) is 15.2 Å². The molecule has 1 N–H and O–H groups in total. The lowest BCUT2D eigenvalue weighted by molar-refractivity contribution is -0.153. The summed E-state index contributed by atoms with van der Waals surface area (Å²) in [6, 6.07) is 7.78. The molecule has 2 aromatic rings. The molecule has 0 aliphatic rings. The molecule has 0 fully saturated rings. The summed E-state index contributed by atoms with van der Waals surface area (Å²) >= 11 is 17.6. The van der Waals surface area contributed by atoms with Crippen molar-refractivity contribution in [3.63, 3.8) is 0 Å². The van der Waals surface area contributed by atoms with E-state index < -0.39 is 24.6 Å². The zero-order chi connectivity index (χ0) is 18.4. The fraction of sp³-hybridized carbons (Fsp3) is 0.188. The van der Waals surface area contributed by atoms with Gasteiger partial charge in [0, 0.05) is 11.2 Å². The first kappa shape index (κ1) is 19.3. The first-order chi connectivity index (χ1) is 11.9. The van der Waals surface area contributed by atoms with Crippen molar-refractivity contribution < 1.29 is 19.1 Å². The lowest BCUT2D eigenvalue weighted by atomic mass is 10.3. The number of anilines is 1. The van der Waals surface area contributed by atoms with Gasteiger partial charge in [0.05, 0.1) is 10.7 Å². The second kappa shape index (κ2) is 8.89. The number of aromatic nitrogens is 1. The van der Waals surface area contributed by atoms with Crippen molar-refractivity contribution in [1.82, 2.24) is 4.98 Å². The molecule has 25 heavy (non-hydrogen) atoms. The Morgan fingerprint density at radius 1 is 1.24 bits per heavy atom. The van der Waals surface area contributed by atoms with Crippen LogP contribution in [0.4, 0.5) is 5.69 Å². The number of amides is 1. The smallest absolute Gasteiger partial charge is 0.347 e. The van der Waals surface area contributed by atoms with Crippen LogP contribution in [-0.2, 0) is 14.3 Å². The molecule has 0 saturated heterocycles. The zero-order valence-corrected chi connectivity index (χ0v) is 15.2. The Kier molecular flexibility index (Phi) is 6.87. The van der Waals surface area contributed by atoms with Gasteiger partial charge in [-0.1, -0.05) is 34.8 Å². The Hall–Kier alpha value is -2.02. The fourth-order valence-electron chi connectivity index (χ4n) is 1.73. The molecule has 132 valence electrons. The Morgan fingerprint density at radius 2 is 2.00 bits per heavy atom. The molecule has 0 saturated carbocycles. The number of carbonyl (C=O) groups excluding carboxylic acids is 2. The molecule has 1 aromatic carbocycles. The summed E-state index contributed by atoms with van der Waals surface area (Å²) in [4.78, 5) is 27.5. The summed E-state index contributed by atoms with van der Waals surface area (Å²) in [5.41, 5.74) is 0.322. The monoisotopic (exact) mass is 402 g/mol. The van der Waals surface area contributed by atoms with Gasteiger partial charge in [-0.15, -0.1) is 0 Å². The third-order valence-electron chi connectivity index (χ3n) is 2.91. The van der Waals surface area contributed by atoms with Crippen LogP contribution in [0, 0.1) is 0 Å². The van der Waals surface area contributed by atoms with Gasteiger partial charge < -0.3 is 14.8 Å². The van der Waals surface area contributed by atoms with Gasteiger partial charge in [0.1, 0.15) is 5.75 Å². The van der Waals surface area contributed by atoms with E-state index in [9.17, 15) is 9.59 Å². The summed E-state index contributed by atoms with van der Waals surface area (Å²) in [5, 5.41) is 3.32. The predicted molar refractivity (Wildman–Crippen MR) is 95.4 cm³/mol. The minimum absolute atomic E-state index is 0.135. The maximum absolute atomic E-state index is 11.9. The molecule has 1 atom stereocenters. The van der Waals surface area contributed by atoms with Crippen molar-refractivity contribution >= 4 is 52.4 Å². The number of nitrogens with one attached hydrogen (secondary N) is 1. The average molecular weight is 404 g/mol. The van der Waals surface area contributed by atoms with Crippen molar-refractivity contribution in [1.29, 1.82) is 0 Å². The molecule has 0 unspecified atom stereocenters. The van der Waals surface area contributed by atoms with E-state index in [0.717, 1.165) is 0 Å². The van der Waals surface area contributed by atoms with E-state index in [1.807, 2.05) is 0 Å². The second-order valence-corrected chi connectivity index (χ2v) is 6.03. The summed E-state index contributed by atoms with van der Waals surface area (Å²) in [7, 11) is 0. The van der Waals surface area contributed by atoms with Gasteiger partial charge >= 0.3 is 5.97 Å². The third kappa shape index (κ3) is 5.77. The number of carbonyl (C=O) groups is 2. The van der Waals surface area contributed by atoms with Crippen molar-refractivity contribution in [2.24, 2.45) is 0 Å². The predicted octanol–water partition coefficient (Wildman–Crippen LogP) is 3.99. The van der Waals surface area contributed by atoms with Gasteiger partial charge in [0.25, 0.3) is 5.91 Å². The number of hydrogen-bond donors (Lipinski definition) is 1. The fourth-order valence-corrected chi connectivity index (χ4v) is 2.35. The van der Waals surface area contributed by atoms with Crippen LogP contribution in [0.25, 0.3) is 0 Å². The summed E-state index contributed by atoms with van der Waals surface area (Å²) in [5.74, 6) is -1.000. The maximum atomic E-state index is 11.9. The van der Waals surface area contributed by atoms with E-state index in [0.29, 0.717) is 10.7 Å². The van der Waals surface area contributed by atoms with Crippen LogP contribution in [0.15, 0.2) is 36.5 Å². The van der Waals surface area contributed by atoms with Crippen molar-refractivity contribution in [3.05, 3.63) is 51.7 Å². The van der Waals surface area contributed by atoms with E-state index in [4.69, 9.17) is 44.3 Å². The molecule has 0 aliphatic carbocycles. The topological polar surface area (TPSA) is 77.5 Å². The zero-order valence-electron chi connectivity index (χ0n) is 13.0. The lowest BCUT2D eigenvalue weighted by Crippen LogP contribution is -2.29. The quantitative estimate of drug-likeness (QED) is 0.583. The Balaban J connectivity index is 1.84. The standard InChI is InChI=1S/C16H13Cl3N2O4/c1-9(25-13-5-4-10(17)7-11(13)18)16(23)24-8-14(22)21-12-3-2-6-20-15(12)19/h2-7,9H,8H2,1H3,(H,21,22)/t9-/m1/s1. The van der Waals surface area contributed by atoms with E-state index in [1.165, 1.54) is 25.3 Å². The number of hydrogen-bond acceptors (Lipinski definition) is 5. The molecule has 0 radical (unpaired) electrons. The number of benzene rings is 1. The highest BCUT2D eigenvalue weighted by Gasteiger charge is 2.19. The van der Waals surface area contributed by atoms with E-state index in [2.05, 4.69) is 10.3 Å². The normalized spacial score (nSPS) is 11.5. The molecule has 0 aliphatic heterocycles. The second-order valence-electron chi connectivity index (χ2n) is 4.83. The molecule has 0 bridgehead atoms. The van der Waals surface area contributed by atoms with E-state index >= 15 is 0 Å². The summed E-state index contributed by atoms with van der Waals surface area (Å²) in [6.45, 7) is 0.981. The largest absolute Gasteiger partial charge is 0.477 e. The molecular formula is C16H13Cl3N2O4. The number of rotatable bonds is 6. The molecule has 1 amide bonds. The molecule has 0 spiro atoms. The number of ether oxygens (including phenoxy) is 2. The van der Waals surface area contributed by atoms with Crippen molar-refractivity contribution in [3.8, 4) is 5.75 Å². The molecule has 6 nitrogen and oxygen atoms in total. The van der Waals surface area contributed by atoms with Gasteiger partial charge in [-0.25, -0.2) is 9.78 Å². The minimum Gasteiger partial charge on any atom is -0.477 e. The Bertz CT molecular complexity index is 786. The third-order valence-corrected chi connectivity index (χ3v) is 3.74. The van der Waals surface area contributed by atoms with Crippen LogP contribution < -0.4 is 10.1 Å². The Morgan fingerprint density at radius 3 is 2.68 bits per heavy atom. The maximum Gasteiger partial charge on any atom is 0.347 e. The van der Waals surface area contributed by atoms with E-state index in [-0.39, 0.29) is 15.9 Å². The van der Waals surface area contributed by atoms with Gasteiger partial charge in [-0.05, 0) is 37.3 Å². The number of pyridine rings is 1. The minimum atomic E-state index is -0.964. The number of nitrogens with zero attached hydrogens (tertiary/aromatic N) is 1. The van der Waals surface area contributed by atoms with Gasteiger partial charge in [0.15, 0.2) is 17.9 Å². The molecule has 1 heterocycles. The lowest BCUT2D eigenvalue weighted by Gasteiger charge is -2.15. The van der Waals surface area contributed by atoms with Crippen LogP contribution in [0.3, 0.4) is 0 Å². The average Bonchev–Trinajstić information content (AvgIpc) is 2.57. The highest BCUT2D eigenvalue weighted by Crippen LogP contribution is 2.28. The highest BCUT2D eigenvalue weighted by molar-refractivity contribution is 6.35. The molecule has 1 aromatic heterocycles. The molecular weight excluding hydrogens is 391 g/mol. The molecule has 9 heteroatoms. The van der Waals surface area contributed by atoms with Crippen LogP contribution in [0.1, 0.15) is 6.92 Å². The van der Waals surface area contributed by atoms with E-state index in [1.54, 1.807) is 18.2 Å². The first-order valence-corrected chi connectivity index (χ1v) is 8.19. The summed E-state index contributed by atoms with van der Waals surface area (Å²) in [6.07, 6.45) is 0.521. The first-order valence-electron chi connectivity index (χ1n) is 7.05.